The summed E-state index contributed by atoms with van der Waals surface area (Å²) in [6, 6.07) is 19.1. The number of para-hydroxylation sites is 1. The van der Waals surface area contributed by atoms with E-state index in [0.29, 0.717) is 11.8 Å². The molecule has 1 aliphatic carbocycles. The Bertz CT molecular complexity index is 720. The molecule has 4 rings (SSSR count). The lowest BCUT2D eigenvalue weighted by atomic mass is 9.79. The number of Topliss-reactive ketones (excluding diaryl/α,β-unsaturated/α-hetero) is 1. The third-order valence-electron chi connectivity index (χ3n) is 5.61. The van der Waals surface area contributed by atoms with Gasteiger partial charge in [-0.2, -0.15) is 0 Å². The molecule has 24 heavy (non-hydrogen) atoms. The molecule has 2 aliphatic rings. The fourth-order valence-corrected chi connectivity index (χ4v) is 4.16. The zero-order valence-electron chi connectivity index (χ0n) is 14.2. The first kappa shape index (κ1) is 15.4. The molecule has 1 aliphatic heterocycles. The Hall–Kier alpha value is -2.13. The SMILES string of the molecule is CC1C(=O)c2ccccc2CC1N1CCN(c2ccccc2)CC1. The molecule has 2 atom stereocenters. The highest BCUT2D eigenvalue weighted by molar-refractivity contribution is 6.00. The Balaban J connectivity index is 1.47. The van der Waals surface area contributed by atoms with Gasteiger partial charge in [0, 0.05) is 49.4 Å². The van der Waals surface area contributed by atoms with E-state index in [0.717, 1.165) is 38.2 Å². The van der Waals surface area contributed by atoms with E-state index in [9.17, 15) is 4.79 Å². The Morgan fingerprint density at radius 2 is 1.54 bits per heavy atom. The van der Waals surface area contributed by atoms with E-state index in [1.165, 1.54) is 11.3 Å². The molecule has 0 N–H and O–H groups in total. The van der Waals surface area contributed by atoms with Gasteiger partial charge >= 0.3 is 0 Å². The van der Waals surface area contributed by atoms with Gasteiger partial charge in [-0.05, 0) is 24.1 Å². The molecule has 1 saturated heterocycles. The van der Waals surface area contributed by atoms with Crippen molar-refractivity contribution in [3.8, 4) is 0 Å². The second kappa shape index (κ2) is 6.40. The maximum atomic E-state index is 12.7. The number of benzene rings is 2. The van der Waals surface area contributed by atoms with Crippen LogP contribution in [0.4, 0.5) is 5.69 Å². The molecule has 0 spiro atoms. The number of rotatable bonds is 2. The number of hydrogen-bond acceptors (Lipinski definition) is 3. The highest BCUT2D eigenvalue weighted by Crippen LogP contribution is 2.30. The minimum atomic E-state index is 0.0863. The van der Waals surface area contributed by atoms with Gasteiger partial charge in [-0.25, -0.2) is 0 Å². The van der Waals surface area contributed by atoms with Gasteiger partial charge in [-0.3, -0.25) is 9.69 Å². The van der Waals surface area contributed by atoms with Crippen LogP contribution in [0.1, 0.15) is 22.8 Å². The van der Waals surface area contributed by atoms with Crippen LogP contribution in [0.2, 0.25) is 0 Å². The average Bonchev–Trinajstić information content (AvgIpc) is 2.66. The summed E-state index contributed by atoms with van der Waals surface area (Å²) in [4.78, 5) is 17.7. The van der Waals surface area contributed by atoms with Gasteiger partial charge in [0.25, 0.3) is 0 Å². The summed E-state index contributed by atoms with van der Waals surface area (Å²) in [6.45, 7) is 6.22. The molecule has 0 radical (unpaired) electrons. The second-order valence-corrected chi connectivity index (χ2v) is 6.94. The Morgan fingerprint density at radius 3 is 2.29 bits per heavy atom. The predicted octanol–water partition coefficient (Wildman–Crippen LogP) is 3.25. The van der Waals surface area contributed by atoms with Crippen molar-refractivity contribution in [3.63, 3.8) is 0 Å². The topological polar surface area (TPSA) is 23.6 Å². The Labute approximate surface area is 143 Å². The average molecular weight is 320 g/mol. The van der Waals surface area contributed by atoms with Crippen molar-refractivity contribution >= 4 is 11.5 Å². The number of anilines is 1. The van der Waals surface area contributed by atoms with Crippen molar-refractivity contribution in [2.24, 2.45) is 5.92 Å². The van der Waals surface area contributed by atoms with Crippen LogP contribution in [0.3, 0.4) is 0 Å². The van der Waals surface area contributed by atoms with Crippen LogP contribution in [0.15, 0.2) is 54.6 Å². The van der Waals surface area contributed by atoms with Gasteiger partial charge in [0.15, 0.2) is 5.78 Å². The lowest BCUT2D eigenvalue weighted by Crippen LogP contribution is -2.55. The molecule has 0 aromatic heterocycles. The molecule has 0 saturated carbocycles. The van der Waals surface area contributed by atoms with E-state index in [4.69, 9.17) is 0 Å². The standard InChI is InChI=1S/C21H24N2O/c1-16-20(15-17-7-5-6-10-19(17)21(16)24)23-13-11-22(12-14-23)18-8-3-2-4-9-18/h2-10,16,20H,11-15H2,1H3. The van der Waals surface area contributed by atoms with Crippen molar-refractivity contribution in [1.82, 2.24) is 4.90 Å². The molecule has 2 aromatic carbocycles. The lowest BCUT2D eigenvalue weighted by Gasteiger charge is -2.43. The van der Waals surface area contributed by atoms with Gasteiger partial charge in [0.1, 0.15) is 0 Å². The highest BCUT2D eigenvalue weighted by Gasteiger charge is 2.36. The minimum absolute atomic E-state index is 0.0863. The number of carbonyl (C=O) groups is 1. The first-order valence-electron chi connectivity index (χ1n) is 8.90. The van der Waals surface area contributed by atoms with Crippen LogP contribution in [-0.4, -0.2) is 42.9 Å². The molecule has 2 unspecified atom stereocenters. The van der Waals surface area contributed by atoms with Crippen LogP contribution in [0.25, 0.3) is 0 Å². The zero-order chi connectivity index (χ0) is 16.5. The maximum absolute atomic E-state index is 12.7. The van der Waals surface area contributed by atoms with Gasteiger partial charge in [0.2, 0.25) is 0 Å². The summed E-state index contributed by atoms with van der Waals surface area (Å²) in [6.07, 6.45) is 0.994. The second-order valence-electron chi connectivity index (χ2n) is 6.94. The van der Waals surface area contributed by atoms with Crippen molar-refractivity contribution < 1.29 is 4.79 Å². The summed E-state index contributed by atoms with van der Waals surface area (Å²) in [5.41, 5.74) is 3.45. The van der Waals surface area contributed by atoms with E-state index < -0.39 is 0 Å². The van der Waals surface area contributed by atoms with Gasteiger partial charge in [-0.15, -0.1) is 0 Å². The molecular weight excluding hydrogens is 296 g/mol. The molecule has 0 amide bonds. The van der Waals surface area contributed by atoms with Crippen LogP contribution in [0.5, 0.6) is 0 Å². The maximum Gasteiger partial charge on any atom is 0.167 e. The zero-order valence-corrected chi connectivity index (χ0v) is 14.2. The molecule has 124 valence electrons. The smallest absolute Gasteiger partial charge is 0.167 e. The molecule has 3 heteroatoms. The highest BCUT2D eigenvalue weighted by atomic mass is 16.1. The first-order chi connectivity index (χ1) is 11.7. The minimum Gasteiger partial charge on any atom is -0.369 e. The third-order valence-corrected chi connectivity index (χ3v) is 5.61. The molecule has 0 bridgehead atoms. The number of hydrogen-bond donors (Lipinski definition) is 0. The number of piperazine rings is 1. The molecule has 1 heterocycles. The monoisotopic (exact) mass is 320 g/mol. The molecular formula is C21H24N2O. The van der Waals surface area contributed by atoms with E-state index in [-0.39, 0.29) is 5.92 Å². The molecule has 1 fully saturated rings. The third kappa shape index (κ3) is 2.73. The molecule has 2 aromatic rings. The van der Waals surface area contributed by atoms with Crippen LogP contribution in [-0.2, 0) is 6.42 Å². The summed E-state index contributed by atoms with van der Waals surface area (Å²) < 4.78 is 0. The van der Waals surface area contributed by atoms with E-state index in [2.05, 4.69) is 53.1 Å². The first-order valence-corrected chi connectivity index (χ1v) is 8.90. The number of ketones is 1. The Morgan fingerprint density at radius 1 is 0.875 bits per heavy atom. The van der Waals surface area contributed by atoms with Crippen LogP contribution < -0.4 is 4.90 Å². The van der Waals surface area contributed by atoms with Crippen molar-refractivity contribution in [2.75, 3.05) is 31.1 Å². The van der Waals surface area contributed by atoms with Gasteiger partial charge < -0.3 is 4.90 Å². The largest absolute Gasteiger partial charge is 0.369 e. The fraction of sp³-hybridized carbons (Fsp3) is 0.381. The summed E-state index contributed by atoms with van der Waals surface area (Å²) in [5, 5.41) is 0. The van der Waals surface area contributed by atoms with Crippen LogP contribution >= 0.6 is 0 Å². The summed E-state index contributed by atoms with van der Waals surface area (Å²) >= 11 is 0. The van der Waals surface area contributed by atoms with E-state index in [1.54, 1.807) is 0 Å². The van der Waals surface area contributed by atoms with Gasteiger partial charge in [0.05, 0.1) is 0 Å². The normalized spacial score (nSPS) is 24.7. The van der Waals surface area contributed by atoms with E-state index in [1.807, 2.05) is 18.2 Å². The Kier molecular flexibility index (Phi) is 4.11. The summed E-state index contributed by atoms with van der Waals surface area (Å²) in [5.74, 6) is 0.399. The number of carbonyl (C=O) groups excluding carboxylic acids is 1. The fourth-order valence-electron chi connectivity index (χ4n) is 4.16. The number of nitrogens with zero attached hydrogens (tertiary/aromatic N) is 2. The molecule has 3 nitrogen and oxygen atoms in total. The predicted molar refractivity (Wildman–Crippen MR) is 97.7 cm³/mol. The van der Waals surface area contributed by atoms with Crippen molar-refractivity contribution in [3.05, 3.63) is 65.7 Å². The van der Waals surface area contributed by atoms with Crippen molar-refractivity contribution in [2.45, 2.75) is 19.4 Å². The van der Waals surface area contributed by atoms with Gasteiger partial charge in [-0.1, -0.05) is 49.4 Å². The van der Waals surface area contributed by atoms with E-state index >= 15 is 0 Å². The quantitative estimate of drug-likeness (QED) is 0.848. The van der Waals surface area contributed by atoms with Crippen molar-refractivity contribution in [1.29, 1.82) is 0 Å². The van der Waals surface area contributed by atoms with Crippen LogP contribution in [0, 0.1) is 5.92 Å². The number of fused-ring (bicyclic) bond motifs is 1. The lowest BCUT2D eigenvalue weighted by molar-refractivity contribution is 0.0754. The summed E-state index contributed by atoms with van der Waals surface area (Å²) in [7, 11) is 0.